The van der Waals surface area contributed by atoms with Crippen LogP contribution in [0.15, 0.2) is 60.7 Å². The molecule has 0 heterocycles. The fourth-order valence-corrected chi connectivity index (χ4v) is 6.62. The van der Waals surface area contributed by atoms with Gasteiger partial charge in [-0.15, -0.1) is 0 Å². The number of nitrogens with one attached hydrogen (secondary N) is 1. The van der Waals surface area contributed by atoms with Crippen molar-refractivity contribution < 1.29 is 0 Å². The van der Waals surface area contributed by atoms with Gasteiger partial charge in [0.25, 0.3) is 0 Å². The van der Waals surface area contributed by atoms with Gasteiger partial charge in [-0.2, -0.15) is 0 Å². The fraction of sp³-hybridized carbons (Fsp3) is 0.368. The molecule has 2 aromatic carbocycles. The van der Waals surface area contributed by atoms with Crippen LogP contribution < -0.4 is 15.9 Å². The Hall–Kier alpha value is -1.17. The van der Waals surface area contributed by atoms with Crippen molar-refractivity contribution in [1.29, 1.82) is 0 Å². The van der Waals surface area contributed by atoms with E-state index >= 15 is 0 Å². The van der Waals surface area contributed by atoms with Gasteiger partial charge in [-0.3, -0.25) is 0 Å². The minimum absolute atomic E-state index is 0.277. The van der Waals surface area contributed by atoms with Gasteiger partial charge in [0, 0.05) is 11.7 Å². The van der Waals surface area contributed by atoms with Crippen LogP contribution in [-0.4, -0.2) is 18.7 Å². The molecule has 0 aromatic heterocycles. The molecule has 0 aliphatic heterocycles. The summed E-state index contributed by atoms with van der Waals surface area (Å²) in [5.41, 5.74) is 0.753. The highest BCUT2D eigenvalue weighted by molar-refractivity contribution is 7.73. The number of hydrogen-bond acceptors (Lipinski definition) is 1. The van der Waals surface area contributed by atoms with Gasteiger partial charge in [-0.25, -0.2) is 0 Å². The van der Waals surface area contributed by atoms with E-state index in [-0.39, 0.29) is 7.92 Å². The average Bonchev–Trinajstić information content (AvgIpc) is 2.58. The van der Waals surface area contributed by atoms with Gasteiger partial charge in [0.05, 0.1) is 0 Å². The Morgan fingerprint density at radius 3 is 1.86 bits per heavy atom. The maximum atomic E-state index is 3.59. The third-order valence-corrected chi connectivity index (χ3v) is 7.49. The summed E-state index contributed by atoms with van der Waals surface area (Å²) in [6.07, 6.45) is 5.41. The molecule has 0 spiro atoms. The molecule has 21 heavy (non-hydrogen) atoms. The summed E-state index contributed by atoms with van der Waals surface area (Å²) in [7, 11) is 1.85. The van der Waals surface area contributed by atoms with E-state index in [1.54, 1.807) is 0 Å². The lowest BCUT2D eigenvalue weighted by Gasteiger charge is -2.38. The molecule has 1 aliphatic rings. The minimum Gasteiger partial charge on any atom is -0.316 e. The van der Waals surface area contributed by atoms with Gasteiger partial charge in [0.1, 0.15) is 0 Å². The van der Waals surface area contributed by atoms with E-state index in [4.69, 9.17) is 0 Å². The molecule has 2 atom stereocenters. The van der Waals surface area contributed by atoms with E-state index in [0.717, 1.165) is 5.66 Å². The van der Waals surface area contributed by atoms with Crippen molar-refractivity contribution in [3.63, 3.8) is 0 Å². The molecular weight excluding hydrogens is 273 g/mol. The lowest BCUT2D eigenvalue weighted by molar-refractivity contribution is 0.403. The van der Waals surface area contributed by atoms with E-state index < -0.39 is 0 Å². The Bertz CT molecular complexity index is 501. The quantitative estimate of drug-likeness (QED) is 0.849. The van der Waals surface area contributed by atoms with Crippen molar-refractivity contribution >= 4 is 18.5 Å². The highest BCUT2D eigenvalue weighted by Gasteiger charge is 2.32. The molecule has 1 N–H and O–H groups in total. The maximum Gasteiger partial charge on any atom is 0.0138 e. The normalized spacial score (nSPS) is 22.4. The first kappa shape index (κ1) is 14.8. The van der Waals surface area contributed by atoms with Gasteiger partial charge >= 0.3 is 0 Å². The zero-order valence-electron chi connectivity index (χ0n) is 12.7. The molecule has 0 amide bonds. The molecular formula is C19H24NP. The van der Waals surface area contributed by atoms with Crippen LogP contribution in [0.5, 0.6) is 0 Å². The van der Waals surface area contributed by atoms with Crippen LogP contribution in [0.4, 0.5) is 0 Å². The van der Waals surface area contributed by atoms with Gasteiger partial charge in [0.15, 0.2) is 0 Å². The summed E-state index contributed by atoms with van der Waals surface area (Å²) < 4.78 is 0. The largest absolute Gasteiger partial charge is 0.316 e. The fourth-order valence-electron chi connectivity index (χ4n) is 3.47. The van der Waals surface area contributed by atoms with E-state index in [1.807, 2.05) is 0 Å². The summed E-state index contributed by atoms with van der Waals surface area (Å²) in [6.45, 7) is 0. The zero-order valence-corrected chi connectivity index (χ0v) is 13.6. The predicted octanol–water partition coefficient (Wildman–Crippen LogP) is 3.65. The smallest absolute Gasteiger partial charge is 0.0138 e. The number of benzene rings is 2. The third-order valence-electron chi connectivity index (χ3n) is 4.50. The van der Waals surface area contributed by atoms with Crippen LogP contribution in [-0.2, 0) is 0 Å². The number of hydrogen-bond donors (Lipinski definition) is 1. The summed E-state index contributed by atoms with van der Waals surface area (Å²) in [5, 5.41) is 6.63. The van der Waals surface area contributed by atoms with Crippen molar-refractivity contribution in [3.05, 3.63) is 60.7 Å². The second-order valence-electron chi connectivity index (χ2n) is 5.79. The van der Waals surface area contributed by atoms with Crippen LogP contribution in [0.3, 0.4) is 0 Å². The molecule has 110 valence electrons. The van der Waals surface area contributed by atoms with Crippen molar-refractivity contribution in [1.82, 2.24) is 5.32 Å². The summed E-state index contributed by atoms with van der Waals surface area (Å²) in [4.78, 5) is 0. The highest BCUT2D eigenvalue weighted by Crippen LogP contribution is 2.46. The summed E-state index contributed by atoms with van der Waals surface area (Å²) in [5.74, 6) is 0. The predicted molar refractivity (Wildman–Crippen MR) is 94.2 cm³/mol. The van der Waals surface area contributed by atoms with Crippen LogP contribution in [0.1, 0.15) is 25.7 Å². The molecule has 0 bridgehead atoms. The van der Waals surface area contributed by atoms with Gasteiger partial charge in [0.2, 0.25) is 0 Å². The first-order valence-corrected chi connectivity index (χ1v) is 9.38. The Balaban J connectivity index is 2.00. The van der Waals surface area contributed by atoms with Crippen molar-refractivity contribution in [2.24, 2.45) is 0 Å². The molecule has 0 radical (unpaired) electrons. The van der Waals surface area contributed by atoms with Crippen LogP contribution in [0.25, 0.3) is 0 Å². The molecule has 1 nitrogen and oxygen atoms in total. The standard InChI is InChI=1S/C19H24NP/c1-20-18-14-8-9-15-19(18)21(16-10-4-2-5-11-16)17-12-6-3-7-13-17/h2-7,10-13,18-20H,8-9,14-15H2,1H3. The van der Waals surface area contributed by atoms with Gasteiger partial charge in [-0.05, 0) is 38.4 Å². The zero-order chi connectivity index (χ0) is 14.5. The second-order valence-corrected chi connectivity index (χ2v) is 8.22. The van der Waals surface area contributed by atoms with Crippen molar-refractivity contribution in [3.8, 4) is 0 Å². The Morgan fingerprint density at radius 2 is 1.33 bits per heavy atom. The van der Waals surface area contributed by atoms with Crippen molar-refractivity contribution in [2.75, 3.05) is 7.05 Å². The van der Waals surface area contributed by atoms with Crippen LogP contribution >= 0.6 is 7.92 Å². The van der Waals surface area contributed by atoms with Gasteiger partial charge < -0.3 is 5.32 Å². The molecule has 1 aliphatic carbocycles. The Morgan fingerprint density at radius 1 is 0.810 bits per heavy atom. The SMILES string of the molecule is CNC1CCCCC1P(c1ccccc1)c1ccccc1. The lowest BCUT2D eigenvalue weighted by atomic mass is 9.95. The molecule has 2 aromatic rings. The highest BCUT2D eigenvalue weighted by atomic mass is 31.1. The van der Waals surface area contributed by atoms with E-state index in [0.29, 0.717) is 6.04 Å². The average molecular weight is 297 g/mol. The Kier molecular flexibility index (Phi) is 5.06. The molecule has 1 saturated carbocycles. The third kappa shape index (κ3) is 3.36. The molecule has 2 unspecified atom stereocenters. The van der Waals surface area contributed by atoms with Crippen LogP contribution in [0, 0.1) is 0 Å². The molecule has 3 rings (SSSR count). The van der Waals surface area contributed by atoms with E-state index in [9.17, 15) is 0 Å². The summed E-state index contributed by atoms with van der Waals surface area (Å²) >= 11 is 0. The van der Waals surface area contributed by atoms with Crippen LogP contribution in [0.2, 0.25) is 0 Å². The minimum atomic E-state index is -0.277. The first-order chi connectivity index (χ1) is 10.4. The molecule has 1 fully saturated rings. The van der Waals surface area contributed by atoms with Gasteiger partial charge in [-0.1, -0.05) is 73.5 Å². The van der Waals surface area contributed by atoms with E-state index in [2.05, 4.69) is 73.0 Å². The van der Waals surface area contributed by atoms with Crippen molar-refractivity contribution in [2.45, 2.75) is 37.4 Å². The lowest BCUT2D eigenvalue weighted by Crippen LogP contribution is -2.42. The Labute approximate surface area is 129 Å². The molecule has 0 saturated heterocycles. The maximum absolute atomic E-state index is 3.59. The summed E-state index contributed by atoms with van der Waals surface area (Å²) in [6, 6.07) is 22.9. The number of rotatable bonds is 4. The second kappa shape index (κ2) is 7.20. The topological polar surface area (TPSA) is 12.0 Å². The monoisotopic (exact) mass is 297 g/mol. The van der Waals surface area contributed by atoms with E-state index in [1.165, 1.54) is 36.3 Å². The first-order valence-electron chi connectivity index (χ1n) is 7.97. The molecule has 2 heteroatoms.